The van der Waals surface area contributed by atoms with Gasteiger partial charge in [0, 0.05) is 6.42 Å². The lowest BCUT2D eigenvalue weighted by molar-refractivity contribution is -0.111. The Bertz CT molecular complexity index is 242. The van der Waals surface area contributed by atoms with Crippen LogP contribution in [0.5, 0.6) is 0 Å². The molecule has 0 aliphatic carbocycles. The van der Waals surface area contributed by atoms with Crippen LogP contribution in [0.1, 0.15) is 6.42 Å². The molecule has 0 aromatic carbocycles. The highest BCUT2D eigenvalue weighted by Gasteiger charge is 2.08. The van der Waals surface area contributed by atoms with Gasteiger partial charge in [0.1, 0.15) is 0 Å². The minimum absolute atomic E-state index is 0.0912. The fourth-order valence-electron chi connectivity index (χ4n) is 0.563. The maximum atomic E-state index is 10.6. The normalized spacial score (nSPS) is 12.7. The second kappa shape index (κ2) is 4.89. The zero-order valence-corrected chi connectivity index (χ0v) is 6.45. The number of primary amides is 1. The second-order valence-corrected chi connectivity index (χ2v) is 1.94. The number of hydrogen-bond acceptors (Lipinski definition) is 5. The molecule has 0 saturated heterocycles. The van der Waals surface area contributed by atoms with E-state index in [4.69, 9.17) is 22.7 Å². The molecule has 0 aliphatic heterocycles. The molecule has 0 aliphatic rings. The van der Waals surface area contributed by atoms with Crippen LogP contribution in [-0.4, -0.2) is 17.8 Å². The summed E-state index contributed by atoms with van der Waals surface area (Å²) >= 11 is 0. The van der Waals surface area contributed by atoms with Crippen molar-refractivity contribution in [1.29, 1.82) is 5.41 Å². The lowest BCUT2D eigenvalue weighted by Gasteiger charge is -1.98. The number of nitrogens with two attached hydrogens (primary N) is 3. The van der Waals surface area contributed by atoms with Crippen molar-refractivity contribution in [1.82, 2.24) is 0 Å². The van der Waals surface area contributed by atoms with E-state index in [1.807, 2.05) is 0 Å². The van der Waals surface area contributed by atoms with Crippen molar-refractivity contribution in [3.63, 3.8) is 0 Å². The zero-order valence-electron chi connectivity index (χ0n) is 6.45. The molecule has 0 rings (SSSR count). The first kappa shape index (κ1) is 10.2. The maximum absolute atomic E-state index is 10.6. The van der Waals surface area contributed by atoms with Gasteiger partial charge in [0.05, 0.1) is 5.70 Å². The molecule has 0 spiro atoms. The summed E-state index contributed by atoms with van der Waals surface area (Å²) in [5, 5.41) is 9.80. The number of hydrazone groups is 1. The van der Waals surface area contributed by atoms with Gasteiger partial charge >= 0.3 is 0 Å². The van der Waals surface area contributed by atoms with E-state index in [-0.39, 0.29) is 11.4 Å². The lowest BCUT2D eigenvalue weighted by Crippen LogP contribution is -2.29. The number of allylic oxidation sites excluding steroid dienone is 1. The van der Waals surface area contributed by atoms with E-state index in [1.165, 1.54) is 6.08 Å². The third-order valence-electron chi connectivity index (χ3n) is 1.09. The summed E-state index contributed by atoms with van der Waals surface area (Å²) in [5.74, 6) is 4.07. The van der Waals surface area contributed by atoms with Crippen LogP contribution < -0.4 is 17.3 Å². The topological polar surface area (TPSA) is 131 Å². The van der Waals surface area contributed by atoms with Crippen LogP contribution in [0.25, 0.3) is 0 Å². The Morgan fingerprint density at radius 3 is 2.42 bits per heavy atom. The van der Waals surface area contributed by atoms with E-state index in [2.05, 4.69) is 5.10 Å². The van der Waals surface area contributed by atoms with Gasteiger partial charge in [-0.25, -0.2) is 0 Å². The molecule has 6 heteroatoms. The van der Waals surface area contributed by atoms with Crippen LogP contribution in [0.4, 0.5) is 0 Å². The van der Waals surface area contributed by atoms with Gasteiger partial charge in [0.25, 0.3) is 5.91 Å². The Balaban J connectivity index is 4.53. The smallest absolute Gasteiger partial charge is 0.271 e. The molecular formula is C6H11N5O. The summed E-state index contributed by atoms with van der Waals surface area (Å²) in [6.45, 7) is 0. The molecule has 0 fully saturated rings. The Morgan fingerprint density at radius 1 is 1.50 bits per heavy atom. The van der Waals surface area contributed by atoms with Crippen LogP contribution in [0.3, 0.4) is 0 Å². The van der Waals surface area contributed by atoms with Gasteiger partial charge in [-0.1, -0.05) is 6.08 Å². The highest BCUT2D eigenvalue weighted by atomic mass is 16.1. The molecule has 0 aromatic heterocycles. The lowest BCUT2D eigenvalue weighted by atomic mass is 10.2. The van der Waals surface area contributed by atoms with Crippen molar-refractivity contribution in [2.75, 3.05) is 0 Å². The Hall–Kier alpha value is -1.85. The minimum Gasteiger partial charge on any atom is -0.397 e. The molecule has 0 unspecified atom stereocenters. The van der Waals surface area contributed by atoms with Crippen molar-refractivity contribution in [2.45, 2.75) is 6.42 Å². The van der Waals surface area contributed by atoms with E-state index < -0.39 is 5.91 Å². The first-order valence-electron chi connectivity index (χ1n) is 3.16. The van der Waals surface area contributed by atoms with Crippen LogP contribution in [0.2, 0.25) is 0 Å². The number of amides is 1. The number of carbonyl (C=O) groups excluding carboxylic acids is 1. The Kier molecular flexibility index (Phi) is 4.13. The molecule has 12 heavy (non-hydrogen) atoms. The Labute approximate surface area is 69.6 Å². The molecule has 0 heterocycles. The van der Waals surface area contributed by atoms with E-state index >= 15 is 0 Å². The molecule has 0 aromatic rings. The fourth-order valence-corrected chi connectivity index (χ4v) is 0.563. The summed E-state index contributed by atoms with van der Waals surface area (Å²) in [6, 6.07) is 0. The van der Waals surface area contributed by atoms with Crippen molar-refractivity contribution in [2.24, 2.45) is 22.4 Å². The SMILES string of the molecule is N=CC/C=C(N)/C(=N\N)C(N)=O. The molecule has 0 saturated carbocycles. The van der Waals surface area contributed by atoms with Gasteiger partial charge in [0.2, 0.25) is 0 Å². The van der Waals surface area contributed by atoms with E-state index in [0.29, 0.717) is 6.42 Å². The first-order chi connectivity index (χ1) is 5.63. The standard InChI is InChI=1S/C6H11N5O/c7-3-1-2-4(8)5(11-10)6(9)12/h2-3,7H,1,8,10H2,(H2,9,12)/b4-2-,7-3?,11-5+. The largest absolute Gasteiger partial charge is 0.397 e. The summed E-state index contributed by atoms with van der Waals surface area (Å²) in [6.07, 6.45) is 2.88. The molecule has 0 radical (unpaired) electrons. The maximum Gasteiger partial charge on any atom is 0.271 e. The van der Waals surface area contributed by atoms with E-state index in [9.17, 15) is 4.79 Å². The number of carbonyl (C=O) groups is 1. The van der Waals surface area contributed by atoms with Gasteiger partial charge < -0.3 is 22.7 Å². The van der Waals surface area contributed by atoms with Crippen LogP contribution in [0, 0.1) is 5.41 Å². The average molecular weight is 169 g/mol. The Morgan fingerprint density at radius 2 is 2.08 bits per heavy atom. The second-order valence-electron chi connectivity index (χ2n) is 1.94. The third-order valence-corrected chi connectivity index (χ3v) is 1.09. The summed E-state index contributed by atoms with van der Waals surface area (Å²) in [5.41, 5.74) is 10.2. The monoisotopic (exact) mass is 169 g/mol. The summed E-state index contributed by atoms with van der Waals surface area (Å²) in [7, 11) is 0. The van der Waals surface area contributed by atoms with Crippen molar-refractivity contribution in [3.05, 3.63) is 11.8 Å². The quantitative estimate of drug-likeness (QED) is 0.236. The minimum atomic E-state index is -0.781. The van der Waals surface area contributed by atoms with Crippen LogP contribution in [-0.2, 0) is 4.79 Å². The van der Waals surface area contributed by atoms with Gasteiger partial charge in [-0.15, -0.1) is 0 Å². The molecule has 0 bridgehead atoms. The average Bonchev–Trinajstić information content (AvgIpc) is 2.01. The highest BCUT2D eigenvalue weighted by molar-refractivity contribution is 6.44. The number of nitrogens with zero attached hydrogens (tertiary/aromatic N) is 1. The molecule has 7 N–H and O–H groups in total. The van der Waals surface area contributed by atoms with E-state index in [0.717, 1.165) is 6.21 Å². The predicted octanol–water partition coefficient (Wildman–Crippen LogP) is -1.33. The number of hydrogen-bond donors (Lipinski definition) is 4. The van der Waals surface area contributed by atoms with Crippen molar-refractivity contribution < 1.29 is 4.79 Å². The third kappa shape index (κ3) is 2.82. The van der Waals surface area contributed by atoms with Crippen LogP contribution >= 0.6 is 0 Å². The molecule has 6 nitrogen and oxygen atoms in total. The van der Waals surface area contributed by atoms with Gasteiger partial charge in [0.15, 0.2) is 5.71 Å². The molecule has 1 amide bonds. The number of rotatable bonds is 4. The molecule has 0 atom stereocenters. The van der Waals surface area contributed by atoms with Gasteiger partial charge in [-0.05, 0) is 6.21 Å². The van der Waals surface area contributed by atoms with Crippen LogP contribution in [0.15, 0.2) is 16.9 Å². The summed E-state index contributed by atoms with van der Waals surface area (Å²) in [4.78, 5) is 10.6. The highest BCUT2D eigenvalue weighted by Crippen LogP contribution is 1.90. The van der Waals surface area contributed by atoms with Crippen molar-refractivity contribution in [3.8, 4) is 0 Å². The molecular weight excluding hydrogens is 158 g/mol. The molecule has 66 valence electrons. The first-order valence-corrected chi connectivity index (χ1v) is 3.16. The predicted molar refractivity (Wildman–Crippen MR) is 46.5 cm³/mol. The van der Waals surface area contributed by atoms with Gasteiger partial charge in [-0.2, -0.15) is 5.10 Å². The fraction of sp³-hybridized carbons (Fsp3) is 0.167. The van der Waals surface area contributed by atoms with Gasteiger partial charge in [-0.3, -0.25) is 4.79 Å². The van der Waals surface area contributed by atoms with Crippen molar-refractivity contribution >= 4 is 17.8 Å². The zero-order chi connectivity index (χ0) is 9.56. The summed E-state index contributed by atoms with van der Waals surface area (Å²) < 4.78 is 0. The number of nitrogens with one attached hydrogen (secondary N) is 1. The van der Waals surface area contributed by atoms with E-state index in [1.54, 1.807) is 0 Å².